The van der Waals surface area contributed by atoms with E-state index in [0.717, 1.165) is 110 Å². The maximum absolute atomic E-state index is 11.0. The third-order valence-electron chi connectivity index (χ3n) is 9.93. The van der Waals surface area contributed by atoms with Crippen LogP contribution in [0.2, 0.25) is 0 Å². The zero-order valence-electron chi connectivity index (χ0n) is 39.4. The van der Waals surface area contributed by atoms with Crippen LogP contribution >= 0.6 is 139 Å². The summed E-state index contributed by atoms with van der Waals surface area (Å²) in [6, 6.07) is 3.56. The number of carbonyl (C=O) groups excluding carboxylic acids is 2. The summed E-state index contributed by atoms with van der Waals surface area (Å²) in [5.74, 6) is 4.39. The summed E-state index contributed by atoms with van der Waals surface area (Å²) in [5.41, 5.74) is 13.2. The Balaban J connectivity index is -0.000000349. The van der Waals surface area contributed by atoms with Gasteiger partial charge in [0.05, 0.1) is 0 Å². The molecule has 2 heterocycles. The third kappa shape index (κ3) is 41.4. The zero-order valence-corrected chi connectivity index (χ0v) is 51.4. The zero-order chi connectivity index (χ0) is 49.3. The van der Waals surface area contributed by atoms with Crippen LogP contribution in [0.3, 0.4) is 0 Å². The number of allylic oxidation sites excluding steroid dienone is 3. The number of thiol groups is 2. The topological polar surface area (TPSA) is 162 Å². The maximum Gasteiger partial charge on any atom is 0.519 e. The quantitative estimate of drug-likeness (QED) is 0.0292. The Bertz CT molecular complexity index is 1140. The number of nitrogens with two attached hydrogens (primary N) is 2. The second-order valence-corrected chi connectivity index (χ2v) is 22.7. The first kappa shape index (κ1) is 74.4. The van der Waals surface area contributed by atoms with E-state index in [1.165, 1.54) is 56.1 Å². The van der Waals surface area contributed by atoms with Crippen LogP contribution in [-0.2, 0) is 14.2 Å². The summed E-state index contributed by atoms with van der Waals surface area (Å²) >= 11 is 28.4. The van der Waals surface area contributed by atoms with Gasteiger partial charge in [0.1, 0.15) is 11.2 Å². The summed E-state index contributed by atoms with van der Waals surface area (Å²) in [4.78, 5) is 22.0. The van der Waals surface area contributed by atoms with Crippen LogP contribution in [-0.4, -0.2) is 127 Å². The second kappa shape index (κ2) is 44.4. The van der Waals surface area contributed by atoms with Crippen molar-refractivity contribution in [3.05, 3.63) is 36.5 Å². The van der Waals surface area contributed by atoms with Crippen LogP contribution in [0, 0.1) is 11.8 Å². The molecular weight excluding hydrogens is 1370 g/mol. The van der Waals surface area contributed by atoms with Gasteiger partial charge in [0.15, 0.2) is 0 Å². The van der Waals surface area contributed by atoms with Crippen molar-refractivity contribution in [3.63, 3.8) is 0 Å². The van der Waals surface area contributed by atoms with Crippen molar-refractivity contribution in [3.8, 4) is 0 Å². The summed E-state index contributed by atoms with van der Waals surface area (Å²) < 4.78 is 18.2. The Morgan fingerprint density at radius 2 is 0.818 bits per heavy atom. The van der Waals surface area contributed by atoms with Crippen molar-refractivity contribution in [2.45, 2.75) is 162 Å². The Kier molecular flexibility index (Phi) is 50.1. The van der Waals surface area contributed by atoms with Gasteiger partial charge >= 0.3 is 12.3 Å². The van der Waals surface area contributed by atoms with Gasteiger partial charge in [-0.3, -0.25) is 0 Å². The van der Waals surface area contributed by atoms with E-state index >= 15 is 0 Å². The molecule has 0 radical (unpaired) electrons. The van der Waals surface area contributed by atoms with Crippen LogP contribution in [0.15, 0.2) is 36.5 Å². The van der Waals surface area contributed by atoms with Crippen molar-refractivity contribution in [1.82, 2.24) is 21.3 Å². The molecule has 8 N–H and O–H groups in total. The number of hydrogen-bond acceptors (Lipinski definition) is 13. The predicted molar refractivity (Wildman–Crippen MR) is 331 cm³/mol. The molecule has 0 bridgehead atoms. The number of ether oxygens (including phenoxy) is 3. The molecule has 5 fully saturated rings. The van der Waals surface area contributed by atoms with Gasteiger partial charge in [-0.15, -0.1) is 23.2 Å². The lowest BCUT2D eigenvalue weighted by atomic mass is 10.2. The highest BCUT2D eigenvalue weighted by Crippen LogP contribution is 2.22. The van der Waals surface area contributed by atoms with Gasteiger partial charge in [0.2, 0.25) is 0 Å². The minimum Gasteiger partial charge on any atom is -0.428 e. The molecule has 19 heteroatoms. The number of carbonyl (C=O) groups is 2. The molecule has 2 unspecified atom stereocenters. The molecular formula is C47H92Cl2I4N6O5S2. The fraction of sp³-hybridized carbons (Fsp3) is 0.830. The molecule has 3 saturated carbocycles. The Morgan fingerprint density at radius 1 is 0.561 bits per heavy atom. The fourth-order valence-corrected chi connectivity index (χ4v) is 10.3. The SMILES string of the molecule is C.C.C=C(CCl)CCl.C=C(CI)CI.C=C(CI)CI.CC(C)(C)OC(=O)OC(=O)OC(C)(C)C.N[C@@H]1CCC[C@@H]1N.SCC1CN[C@H]2CCC[C@H]2NC1.SCC1CN[C@H]2CCC[C@H]2NC1. The van der Waals surface area contributed by atoms with Crippen LogP contribution in [0.4, 0.5) is 9.59 Å². The molecule has 8 atom stereocenters. The molecule has 0 spiro atoms. The summed E-state index contributed by atoms with van der Waals surface area (Å²) in [5, 5.41) is 14.5. The van der Waals surface area contributed by atoms with Gasteiger partial charge in [-0.25, -0.2) is 9.59 Å². The van der Waals surface area contributed by atoms with Gasteiger partial charge < -0.3 is 46.9 Å². The smallest absolute Gasteiger partial charge is 0.428 e. The van der Waals surface area contributed by atoms with Gasteiger partial charge in [0.25, 0.3) is 0 Å². The molecule has 2 aliphatic heterocycles. The predicted octanol–water partition coefficient (Wildman–Crippen LogP) is 12.1. The summed E-state index contributed by atoms with van der Waals surface area (Å²) in [6.45, 7) is 25.7. The van der Waals surface area contributed by atoms with Crippen LogP contribution in [0.5, 0.6) is 0 Å². The first-order valence-corrected chi connectivity index (χ1v) is 30.6. The fourth-order valence-electron chi connectivity index (χ4n) is 6.31. The number of nitrogens with one attached hydrogen (secondary N) is 4. The number of rotatable bonds is 8. The first-order valence-electron chi connectivity index (χ1n) is 22.2. The van der Waals surface area contributed by atoms with Crippen molar-refractivity contribution < 1.29 is 23.8 Å². The van der Waals surface area contributed by atoms with Crippen molar-refractivity contribution in [2.24, 2.45) is 23.3 Å². The van der Waals surface area contributed by atoms with Crippen molar-refractivity contribution in [1.29, 1.82) is 0 Å². The van der Waals surface area contributed by atoms with E-state index in [0.29, 0.717) is 23.8 Å². The third-order valence-corrected chi connectivity index (χ3v) is 16.0. The molecule has 5 rings (SSSR count). The average molecular weight is 1460 g/mol. The molecule has 394 valence electrons. The molecule has 0 amide bonds. The minimum absolute atomic E-state index is 0. The standard InChI is InChI=1S/C10H18O5.2C9H18N2S.C5H12N2.C4H6Cl2.2C4H6I2.2CH4/c1-9(2,3)14-7(11)13-8(12)15-10(4,5)6;2*12-6-7-4-10-8-2-1-3-9(8)11-5-7;6-4-2-1-3-5(4)7;3*1-4(2-5)3-6;;/h1-6H3;2*7-12H,1-6H2;4-5H,1-3,6-7H2;3*1-3H2;2*1H4/t;2*7?,8-,9+;4-,5+;;;;;. The Hall–Kier alpha value is 1.92. The Morgan fingerprint density at radius 3 is 0.970 bits per heavy atom. The van der Waals surface area contributed by atoms with Gasteiger partial charge in [-0.05, 0) is 109 Å². The molecule has 66 heavy (non-hydrogen) atoms. The van der Waals surface area contributed by atoms with Gasteiger partial charge in [0, 0.05) is 91.9 Å². The van der Waals surface area contributed by atoms with Crippen LogP contribution in [0.1, 0.15) is 114 Å². The average Bonchev–Trinajstić information content (AvgIpc) is 3.94. The van der Waals surface area contributed by atoms with E-state index in [2.05, 4.69) is 161 Å². The van der Waals surface area contributed by atoms with Crippen LogP contribution in [0.25, 0.3) is 0 Å². The van der Waals surface area contributed by atoms with E-state index in [9.17, 15) is 9.59 Å². The minimum atomic E-state index is -1.06. The highest BCUT2D eigenvalue weighted by atomic mass is 127. The molecule has 5 aliphatic rings. The first-order chi connectivity index (χ1) is 30.0. The monoisotopic (exact) mass is 1460 g/mol. The van der Waals surface area contributed by atoms with Gasteiger partial charge in [-0.2, -0.15) is 25.3 Å². The van der Waals surface area contributed by atoms with Crippen molar-refractivity contribution in [2.75, 3.05) is 67.2 Å². The highest BCUT2D eigenvalue weighted by molar-refractivity contribution is 14.1. The second-order valence-electron chi connectivity index (χ2n) is 18.4. The van der Waals surface area contributed by atoms with Crippen LogP contribution < -0.4 is 32.7 Å². The largest absolute Gasteiger partial charge is 0.519 e. The molecule has 0 aromatic carbocycles. The number of alkyl halides is 6. The van der Waals surface area contributed by atoms with Gasteiger partial charge in [-0.1, -0.05) is 155 Å². The highest BCUT2D eigenvalue weighted by Gasteiger charge is 2.31. The van der Waals surface area contributed by atoms with E-state index in [1.54, 1.807) is 41.5 Å². The lowest BCUT2D eigenvalue weighted by Crippen LogP contribution is -2.40. The molecule has 2 saturated heterocycles. The lowest BCUT2D eigenvalue weighted by molar-refractivity contribution is -0.0293. The summed E-state index contributed by atoms with van der Waals surface area (Å²) in [6.07, 6.45) is 9.57. The normalized spacial score (nSPS) is 24.8. The molecule has 3 aliphatic carbocycles. The number of fused-ring (bicyclic) bond motifs is 2. The van der Waals surface area contributed by atoms with E-state index < -0.39 is 23.5 Å². The Labute approximate surface area is 479 Å². The lowest BCUT2D eigenvalue weighted by Gasteiger charge is -2.20. The molecule has 0 aromatic heterocycles. The molecule has 0 aromatic rings. The maximum atomic E-state index is 11.0. The molecule has 11 nitrogen and oxygen atoms in total. The number of halogens is 6. The van der Waals surface area contributed by atoms with Crippen molar-refractivity contribution >= 4 is 151 Å². The van der Waals surface area contributed by atoms with E-state index in [-0.39, 0.29) is 14.9 Å². The summed E-state index contributed by atoms with van der Waals surface area (Å²) in [7, 11) is 0. The van der Waals surface area contributed by atoms with E-state index in [4.69, 9.17) is 44.1 Å². The van der Waals surface area contributed by atoms with E-state index in [1.807, 2.05) is 0 Å². The number of hydrogen-bond donors (Lipinski definition) is 8.